The summed E-state index contributed by atoms with van der Waals surface area (Å²) in [5, 5.41) is 5.51. The highest BCUT2D eigenvalue weighted by Crippen LogP contribution is 2.31. The molecule has 0 radical (unpaired) electrons. The molecule has 2 heterocycles. The van der Waals surface area contributed by atoms with Gasteiger partial charge in [0, 0.05) is 19.2 Å². The lowest BCUT2D eigenvalue weighted by molar-refractivity contribution is -0.139. The van der Waals surface area contributed by atoms with Crippen LogP contribution in [0.4, 0.5) is 10.1 Å². The maximum absolute atomic E-state index is 14.9. The van der Waals surface area contributed by atoms with Crippen LogP contribution in [0.3, 0.4) is 0 Å². The maximum atomic E-state index is 14.9. The van der Waals surface area contributed by atoms with Crippen molar-refractivity contribution in [3.8, 4) is 0 Å². The zero-order valence-corrected chi connectivity index (χ0v) is 18.3. The molecule has 9 heteroatoms. The molecule has 1 aliphatic heterocycles. The van der Waals surface area contributed by atoms with Gasteiger partial charge < -0.3 is 19.8 Å². The van der Waals surface area contributed by atoms with Crippen LogP contribution in [0.2, 0.25) is 0 Å². The molecule has 4 rings (SSSR count). The molecule has 33 heavy (non-hydrogen) atoms. The monoisotopic (exact) mass is 457 g/mol. The van der Waals surface area contributed by atoms with E-state index in [1.807, 2.05) is 0 Å². The zero-order valence-electron chi connectivity index (χ0n) is 18.3. The lowest BCUT2D eigenvalue weighted by Crippen LogP contribution is -2.51. The van der Waals surface area contributed by atoms with Crippen LogP contribution in [-0.4, -0.2) is 43.0 Å². The molecule has 1 saturated carbocycles. The highest BCUT2D eigenvalue weighted by molar-refractivity contribution is 6.41. The summed E-state index contributed by atoms with van der Waals surface area (Å²) in [5.74, 6) is -3.12. The van der Waals surface area contributed by atoms with Crippen LogP contribution in [0.15, 0.2) is 47.1 Å². The van der Waals surface area contributed by atoms with Gasteiger partial charge in [0.2, 0.25) is 0 Å². The van der Waals surface area contributed by atoms with Gasteiger partial charge in [0.1, 0.15) is 11.6 Å². The second kappa shape index (κ2) is 10.6. The summed E-state index contributed by atoms with van der Waals surface area (Å²) >= 11 is 0. The Labute approximate surface area is 191 Å². The average Bonchev–Trinajstić information content (AvgIpc) is 3.60. The highest BCUT2D eigenvalue weighted by atomic mass is 19.1. The summed E-state index contributed by atoms with van der Waals surface area (Å²) in [6, 6.07) is 7.15. The molecule has 0 bridgehead atoms. The number of halogens is 1. The lowest BCUT2D eigenvalue weighted by atomic mass is 10.1. The number of benzene rings is 1. The van der Waals surface area contributed by atoms with E-state index in [2.05, 4.69) is 10.6 Å². The van der Waals surface area contributed by atoms with Crippen molar-refractivity contribution in [1.82, 2.24) is 10.6 Å². The molecule has 8 nitrogen and oxygen atoms in total. The number of carbonyl (C=O) groups excluding carboxylic acids is 3. The minimum absolute atomic E-state index is 0.112. The summed E-state index contributed by atoms with van der Waals surface area (Å²) < 4.78 is 25.9. The van der Waals surface area contributed by atoms with Crippen LogP contribution in [-0.2, 0) is 19.1 Å². The van der Waals surface area contributed by atoms with Gasteiger partial charge in [0.25, 0.3) is 5.91 Å². The van der Waals surface area contributed by atoms with E-state index in [1.54, 1.807) is 6.07 Å². The van der Waals surface area contributed by atoms with Crippen LogP contribution < -0.4 is 15.5 Å². The van der Waals surface area contributed by atoms with Gasteiger partial charge in [-0.3, -0.25) is 19.3 Å². The van der Waals surface area contributed by atoms with Crippen molar-refractivity contribution in [1.29, 1.82) is 0 Å². The van der Waals surface area contributed by atoms with Crippen molar-refractivity contribution >= 4 is 23.4 Å². The predicted molar refractivity (Wildman–Crippen MR) is 118 cm³/mol. The third kappa shape index (κ3) is 5.42. The molecule has 1 aliphatic carbocycles. The Morgan fingerprint density at radius 1 is 1.06 bits per heavy atom. The molecule has 2 aromatic rings. The van der Waals surface area contributed by atoms with Crippen molar-refractivity contribution < 1.29 is 27.9 Å². The lowest BCUT2D eigenvalue weighted by Gasteiger charge is -2.30. The van der Waals surface area contributed by atoms with Crippen molar-refractivity contribution in [2.45, 2.75) is 56.7 Å². The van der Waals surface area contributed by atoms with E-state index in [1.165, 1.54) is 36.6 Å². The first-order chi connectivity index (χ1) is 16.0. The topological polar surface area (TPSA) is 101 Å². The Bertz CT molecular complexity index is 968. The van der Waals surface area contributed by atoms with Gasteiger partial charge in [-0.05, 0) is 49.9 Å². The van der Waals surface area contributed by atoms with E-state index >= 15 is 0 Å². The number of amides is 3. The number of ether oxygens (including phenoxy) is 1. The van der Waals surface area contributed by atoms with Gasteiger partial charge in [0.15, 0.2) is 6.04 Å². The Morgan fingerprint density at radius 3 is 2.52 bits per heavy atom. The van der Waals surface area contributed by atoms with Gasteiger partial charge in [0.05, 0.1) is 18.1 Å². The third-order valence-electron chi connectivity index (χ3n) is 6.06. The Morgan fingerprint density at radius 2 is 1.85 bits per heavy atom. The average molecular weight is 458 g/mol. The number of anilines is 1. The number of nitrogens with zero attached hydrogens (tertiary/aromatic N) is 1. The van der Waals surface area contributed by atoms with Gasteiger partial charge in [-0.2, -0.15) is 0 Å². The number of carbonyl (C=O) groups is 3. The second-order valence-corrected chi connectivity index (χ2v) is 8.38. The fraction of sp³-hybridized carbons (Fsp3) is 0.458. The molecule has 176 valence electrons. The standard InChI is InChI=1S/C24H28FN3O5/c25-18-10-3-4-11-19(18)28(24(31)23(30)27-16-7-1-2-8-16)21(20-12-6-14-33-20)22(29)26-15-17-9-5-13-32-17/h3-4,6,10-12,14,16-17,21H,1-2,5,7-9,13,15H2,(H,26,29)(H,27,30)/t17-,21-/m0/s1. The van der Waals surface area contributed by atoms with Gasteiger partial charge in [-0.15, -0.1) is 0 Å². The van der Waals surface area contributed by atoms with Crippen LogP contribution in [0.25, 0.3) is 0 Å². The third-order valence-corrected chi connectivity index (χ3v) is 6.06. The normalized spacial score (nSPS) is 19.2. The zero-order chi connectivity index (χ0) is 23.2. The van der Waals surface area contributed by atoms with E-state index < -0.39 is 29.6 Å². The van der Waals surface area contributed by atoms with Crippen LogP contribution >= 0.6 is 0 Å². The van der Waals surface area contributed by atoms with Crippen LogP contribution in [0, 0.1) is 5.82 Å². The number of furan rings is 1. The second-order valence-electron chi connectivity index (χ2n) is 8.38. The van der Waals surface area contributed by atoms with E-state index in [9.17, 15) is 18.8 Å². The molecule has 0 spiro atoms. The molecular formula is C24H28FN3O5. The predicted octanol–water partition coefficient (Wildman–Crippen LogP) is 2.85. The summed E-state index contributed by atoms with van der Waals surface area (Å²) in [6.07, 6.45) is 6.44. The summed E-state index contributed by atoms with van der Waals surface area (Å²) in [6.45, 7) is 0.868. The van der Waals surface area contributed by atoms with Crippen molar-refractivity contribution in [2.75, 3.05) is 18.1 Å². The minimum atomic E-state index is -1.37. The fourth-order valence-corrected chi connectivity index (χ4v) is 4.38. The summed E-state index contributed by atoms with van der Waals surface area (Å²) in [4.78, 5) is 40.5. The number of rotatable bonds is 7. The first-order valence-corrected chi connectivity index (χ1v) is 11.4. The molecule has 3 amide bonds. The number of para-hydroxylation sites is 1. The van der Waals surface area contributed by atoms with Crippen LogP contribution in [0.5, 0.6) is 0 Å². The molecular weight excluding hydrogens is 429 g/mol. The summed E-state index contributed by atoms with van der Waals surface area (Å²) in [7, 11) is 0. The molecule has 2 aliphatic rings. The van der Waals surface area contributed by atoms with E-state index in [0.717, 1.165) is 43.4 Å². The Kier molecular flexibility index (Phi) is 7.39. The van der Waals surface area contributed by atoms with E-state index in [4.69, 9.17) is 9.15 Å². The van der Waals surface area contributed by atoms with E-state index in [-0.39, 0.29) is 30.1 Å². The first kappa shape index (κ1) is 23.0. The summed E-state index contributed by atoms with van der Waals surface area (Å²) in [5.41, 5.74) is -0.183. The fourth-order valence-electron chi connectivity index (χ4n) is 4.38. The minimum Gasteiger partial charge on any atom is -0.467 e. The van der Waals surface area contributed by atoms with Crippen molar-refractivity contribution in [3.05, 3.63) is 54.2 Å². The van der Waals surface area contributed by atoms with Gasteiger partial charge in [-0.1, -0.05) is 25.0 Å². The highest BCUT2D eigenvalue weighted by Gasteiger charge is 2.39. The SMILES string of the molecule is O=C(NC1CCCC1)C(=O)N(c1ccccc1F)[C@H](C(=O)NC[C@@H]1CCCO1)c1ccco1. The largest absolute Gasteiger partial charge is 0.467 e. The van der Waals surface area contributed by atoms with Gasteiger partial charge in [-0.25, -0.2) is 4.39 Å². The number of nitrogens with one attached hydrogen (secondary N) is 2. The van der Waals surface area contributed by atoms with Crippen molar-refractivity contribution in [3.63, 3.8) is 0 Å². The molecule has 0 unspecified atom stereocenters. The Balaban J connectivity index is 1.65. The smallest absolute Gasteiger partial charge is 0.317 e. The number of hydrogen-bond acceptors (Lipinski definition) is 5. The molecule has 2 atom stereocenters. The molecule has 2 fully saturated rings. The molecule has 1 saturated heterocycles. The maximum Gasteiger partial charge on any atom is 0.317 e. The molecule has 1 aromatic carbocycles. The van der Waals surface area contributed by atoms with Crippen molar-refractivity contribution in [2.24, 2.45) is 0 Å². The Hall–Kier alpha value is -3.20. The molecule has 1 aromatic heterocycles. The molecule has 2 N–H and O–H groups in total. The van der Waals surface area contributed by atoms with Gasteiger partial charge >= 0.3 is 11.8 Å². The number of hydrogen-bond donors (Lipinski definition) is 2. The first-order valence-electron chi connectivity index (χ1n) is 11.4. The van der Waals surface area contributed by atoms with E-state index in [0.29, 0.717) is 6.61 Å². The quantitative estimate of drug-likeness (QED) is 0.623. The van der Waals surface area contributed by atoms with Crippen LogP contribution in [0.1, 0.15) is 50.3 Å².